The number of nitrogens with two attached hydrogens (primary N) is 1. The standard InChI is InChI=1S/C15H24N4/c1-14(2)10-4-6-15(3,9-10)13(14)18-11-5-7-17-12(8-11)19-16/h5,7-8,10,13H,4,6,9,16H2,1-3H3,(H2,17,18,19). The van der Waals surface area contributed by atoms with Gasteiger partial charge in [-0.25, -0.2) is 10.8 Å². The number of fused-ring (bicyclic) bond motifs is 2. The third-order valence-electron chi connectivity index (χ3n) is 5.49. The number of aromatic nitrogens is 1. The van der Waals surface area contributed by atoms with Crippen molar-refractivity contribution in [1.29, 1.82) is 0 Å². The number of anilines is 2. The highest BCUT2D eigenvalue weighted by Gasteiger charge is 2.59. The molecule has 3 rings (SSSR count). The first-order chi connectivity index (χ1) is 8.95. The van der Waals surface area contributed by atoms with Crippen LogP contribution in [0.15, 0.2) is 18.3 Å². The van der Waals surface area contributed by atoms with Crippen molar-refractivity contribution in [3.63, 3.8) is 0 Å². The third-order valence-corrected chi connectivity index (χ3v) is 5.49. The number of pyridine rings is 1. The van der Waals surface area contributed by atoms with Gasteiger partial charge in [0.1, 0.15) is 5.82 Å². The molecular formula is C15H24N4. The van der Waals surface area contributed by atoms with Gasteiger partial charge in [0.2, 0.25) is 0 Å². The summed E-state index contributed by atoms with van der Waals surface area (Å²) in [6, 6.07) is 4.52. The van der Waals surface area contributed by atoms with Crippen LogP contribution in [0.4, 0.5) is 11.5 Å². The molecule has 4 heteroatoms. The van der Waals surface area contributed by atoms with E-state index in [0.717, 1.165) is 11.6 Å². The van der Waals surface area contributed by atoms with Crippen molar-refractivity contribution in [2.24, 2.45) is 22.6 Å². The van der Waals surface area contributed by atoms with Crippen LogP contribution in [0, 0.1) is 16.7 Å². The summed E-state index contributed by atoms with van der Waals surface area (Å²) in [5, 5.41) is 3.74. The van der Waals surface area contributed by atoms with Gasteiger partial charge in [-0.05, 0) is 42.1 Å². The Balaban J connectivity index is 1.86. The van der Waals surface area contributed by atoms with Crippen LogP contribution in [0.2, 0.25) is 0 Å². The number of nitrogens with one attached hydrogen (secondary N) is 2. The van der Waals surface area contributed by atoms with Crippen LogP contribution < -0.4 is 16.6 Å². The molecule has 3 atom stereocenters. The van der Waals surface area contributed by atoms with Crippen LogP contribution in [0.3, 0.4) is 0 Å². The Morgan fingerprint density at radius 1 is 1.37 bits per heavy atom. The van der Waals surface area contributed by atoms with Gasteiger partial charge in [0.25, 0.3) is 0 Å². The Labute approximate surface area is 115 Å². The second-order valence-electron chi connectivity index (χ2n) is 7.07. The van der Waals surface area contributed by atoms with Crippen LogP contribution in [-0.2, 0) is 0 Å². The summed E-state index contributed by atoms with van der Waals surface area (Å²) in [6.45, 7) is 7.24. The molecule has 0 spiro atoms. The maximum Gasteiger partial charge on any atom is 0.141 e. The molecule has 3 unspecified atom stereocenters. The first-order valence-corrected chi connectivity index (χ1v) is 7.15. The van der Waals surface area contributed by atoms with Crippen molar-refractivity contribution in [3.05, 3.63) is 18.3 Å². The highest BCUT2D eigenvalue weighted by Crippen LogP contribution is 2.63. The molecule has 4 N–H and O–H groups in total. The SMILES string of the molecule is CC12CCC(C1)C(C)(C)C2Nc1ccnc(NN)c1. The zero-order valence-electron chi connectivity index (χ0n) is 12.0. The molecule has 0 saturated heterocycles. The molecule has 104 valence electrons. The maximum atomic E-state index is 5.43. The van der Waals surface area contributed by atoms with E-state index in [1.807, 2.05) is 12.1 Å². The molecule has 1 aromatic heterocycles. The highest BCUT2D eigenvalue weighted by atomic mass is 15.2. The quantitative estimate of drug-likeness (QED) is 0.577. The number of hydrogen-bond acceptors (Lipinski definition) is 4. The summed E-state index contributed by atoms with van der Waals surface area (Å²) in [5.41, 5.74) is 4.49. The Hall–Kier alpha value is -1.29. The molecule has 2 aliphatic carbocycles. The lowest BCUT2D eigenvalue weighted by molar-refractivity contribution is 0.155. The molecular weight excluding hydrogens is 236 g/mol. The summed E-state index contributed by atoms with van der Waals surface area (Å²) >= 11 is 0. The van der Waals surface area contributed by atoms with Gasteiger partial charge < -0.3 is 10.7 Å². The van der Waals surface area contributed by atoms with E-state index in [9.17, 15) is 0 Å². The second-order valence-corrected chi connectivity index (χ2v) is 7.07. The molecule has 4 nitrogen and oxygen atoms in total. The molecule has 0 aliphatic heterocycles. The maximum absolute atomic E-state index is 5.43. The molecule has 2 saturated carbocycles. The fraction of sp³-hybridized carbons (Fsp3) is 0.667. The van der Waals surface area contributed by atoms with Crippen molar-refractivity contribution >= 4 is 11.5 Å². The van der Waals surface area contributed by atoms with E-state index in [0.29, 0.717) is 22.7 Å². The van der Waals surface area contributed by atoms with Crippen molar-refractivity contribution < 1.29 is 0 Å². The molecule has 1 aromatic rings. The van der Waals surface area contributed by atoms with Crippen molar-refractivity contribution in [2.45, 2.75) is 46.1 Å². The van der Waals surface area contributed by atoms with Gasteiger partial charge in [0.15, 0.2) is 0 Å². The fourth-order valence-electron chi connectivity index (χ4n) is 4.43. The molecule has 0 amide bonds. The van der Waals surface area contributed by atoms with Crippen LogP contribution in [0.1, 0.15) is 40.0 Å². The monoisotopic (exact) mass is 260 g/mol. The topological polar surface area (TPSA) is 63.0 Å². The first kappa shape index (κ1) is 12.7. The Kier molecular flexibility index (Phi) is 2.75. The Morgan fingerprint density at radius 3 is 2.79 bits per heavy atom. The van der Waals surface area contributed by atoms with Crippen LogP contribution in [-0.4, -0.2) is 11.0 Å². The molecule has 2 fully saturated rings. The second kappa shape index (κ2) is 4.10. The zero-order valence-corrected chi connectivity index (χ0v) is 12.0. The molecule has 0 aromatic carbocycles. The van der Waals surface area contributed by atoms with Crippen LogP contribution in [0.5, 0.6) is 0 Å². The van der Waals surface area contributed by atoms with E-state index in [-0.39, 0.29) is 0 Å². The van der Waals surface area contributed by atoms with Gasteiger partial charge in [-0.1, -0.05) is 20.8 Å². The van der Waals surface area contributed by atoms with Gasteiger partial charge in [-0.3, -0.25) is 0 Å². The molecule has 2 aliphatic rings. The lowest BCUT2D eigenvalue weighted by atomic mass is 9.68. The molecule has 1 heterocycles. The van der Waals surface area contributed by atoms with Gasteiger partial charge in [-0.2, -0.15) is 0 Å². The van der Waals surface area contributed by atoms with E-state index in [4.69, 9.17) is 5.84 Å². The number of hydrazine groups is 1. The number of rotatable bonds is 3. The number of hydrogen-bond donors (Lipinski definition) is 3. The zero-order chi connectivity index (χ0) is 13.7. The Bertz CT molecular complexity index is 480. The average molecular weight is 260 g/mol. The van der Waals surface area contributed by atoms with Gasteiger partial charge in [-0.15, -0.1) is 0 Å². The highest BCUT2D eigenvalue weighted by molar-refractivity contribution is 5.52. The van der Waals surface area contributed by atoms with E-state index in [1.165, 1.54) is 19.3 Å². The number of nitrogen functional groups attached to an aromatic ring is 1. The van der Waals surface area contributed by atoms with Crippen molar-refractivity contribution in [3.8, 4) is 0 Å². The minimum Gasteiger partial charge on any atom is -0.381 e. The smallest absolute Gasteiger partial charge is 0.141 e. The summed E-state index contributed by atoms with van der Waals surface area (Å²) in [7, 11) is 0. The number of nitrogens with zero attached hydrogens (tertiary/aromatic N) is 1. The fourth-order valence-corrected chi connectivity index (χ4v) is 4.43. The summed E-state index contributed by atoms with van der Waals surface area (Å²) in [5.74, 6) is 6.98. The predicted molar refractivity (Wildman–Crippen MR) is 78.7 cm³/mol. The summed E-state index contributed by atoms with van der Waals surface area (Å²) in [6.07, 6.45) is 5.87. The van der Waals surface area contributed by atoms with Crippen molar-refractivity contribution in [2.75, 3.05) is 10.7 Å². The van der Waals surface area contributed by atoms with E-state index >= 15 is 0 Å². The van der Waals surface area contributed by atoms with E-state index in [1.54, 1.807) is 6.20 Å². The largest absolute Gasteiger partial charge is 0.381 e. The van der Waals surface area contributed by atoms with Gasteiger partial charge >= 0.3 is 0 Å². The van der Waals surface area contributed by atoms with E-state index in [2.05, 4.69) is 36.5 Å². The minimum atomic E-state index is 0.354. The lowest BCUT2D eigenvalue weighted by Crippen LogP contribution is -2.45. The normalized spacial score (nSPS) is 35.4. The Morgan fingerprint density at radius 2 is 2.16 bits per heavy atom. The van der Waals surface area contributed by atoms with E-state index < -0.39 is 0 Å². The van der Waals surface area contributed by atoms with Crippen LogP contribution in [0.25, 0.3) is 0 Å². The average Bonchev–Trinajstić information content (AvgIpc) is 2.86. The summed E-state index contributed by atoms with van der Waals surface area (Å²) in [4.78, 5) is 4.16. The third kappa shape index (κ3) is 1.89. The minimum absolute atomic E-state index is 0.354. The van der Waals surface area contributed by atoms with Gasteiger partial charge in [0, 0.05) is 24.0 Å². The molecule has 2 bridgehead atoms. The van der Waals surface area contributed by atoms with Crippen molar-refractivity contribution in [1.82, 2.24) is 4.98 Å². The molecule has 0 radical (unpaired) electrons. The predicted octanol–water partition coefficient (Wildman–Crippen LogP) is 2.99. The first-order valence-electron chi connectivity index (χ1n) is 7.15. The van der Waals surface area contributed by atoms with Crippen LogP contribution >= 0.6 is 0 Å². The lowest BCUT2D eigenvalue weighted by Gasteiger charge is -2.43. The molecule has 19 heavy (non-hydrogen) atoms. The summed E-state index contributed by atoms with van der Waals surface area (Å²) < 4.78 is 0. The van der Waals surface area contributed by atoms with Gasteiger partial charge in [0.05, 0.1) is 0 Å².